The molecule has 4 nitrogen and oxygen atoms in total. The maximum atomic E-state index is 13.9. The molecular formula is C17H16BrClFN3O. The van der Waals surface area contributed by atoms with Gasteiger partial charge in [-0.05, 0) is 45.8 Å². The Hall–Kier alpha value is -1.92. The number of carbonyl (C=O) groups is 1. The Labute approximate surface area is 152 Å². The standard InChI is InChI=1S/C15H10BrClFN3O.C2H6/c16-11-6-5-10-13(12(11)18)20-21-14(10)15(22)19-7-8-1-3-9(17)4-2-8;1-2/h1-6H,7H2,(H,19,22)(H,20,21);1-2H3. The number of rotatable bonds is 3. The van der Waals surface area contributed by atoms with Gasteiger partial charge >= 0.3 is 0 Å². The summed E-state index contributed by atoms with van der Waals surface area (Å²) < 4.78 is 14.2. The van der Waals surface area contributed by atoms with Crippen molar-refractivity contribution >= 4 is 44.3 Å². The minimum Gasteiger partial charge on any atom is -0.347 e. The van der Waals surface area contributed by atoms with Gasteiger partial charge in [-0.25, -0.2) is 4.39 Å². The number of benzene rings is 2. The van der Waals surface area contributed by atoms with Gasteiger partial charge in [-0.15, -0.1) is 0 Å². The molecule has 0 aliphatic heterocycles. The minimum atomic E-state index is -0.495. The lowest BCUT2D eigenvalue weighted by atomic mass is 10.2. The Morgan fingerprint density at radius 3 is 2.58 bits per heavy atom. The van der Waals surface area contributed by atoms with E-state index < -0.39 is 5.82 Å². The van der Waals surface area contributed by atoms with E-state index in [1.165, 1.54) is 0 Å². The van der Waals surface area contributed by atoms with Crippen molar-refractivity contribution in [3.05, 3.63) is 63.0 Å². The van der Waals surface area contributed by atoms with Gasteiger partial charge in [-0.1, -0.05) is 37.6 Å². The summed E-state index contributed by atoms with van der Waals surface area (Å²) in [5.74, 6) is -0.843. The largest absolute Gasteiger partial charge is 0.347 e. The van der Waals surface area contributed by atoms with Crippen molar-refractivity contribution in [2.45, 2.75) is 20.4 Å². The summed E-state index contributed by atoms with van der Waals surface area (Å²) in [7, 11) is 0. The Morgan fingerprint density at radius 1 is 1.25 bits per heavy atom. The number of hydrogen-bond donors (Lipinski definition) is 2. The highest BCUT2D eigenvalue weighted by atomic mass is 79.9. The van der Waals surface area contributed by atoms with Crippen LogP contribution >= 0.6 is 27.5 Å². The summed E-state index contributed by atoms with van der Waals surface area (Å²) in [6.07, 6.45) is 0. The third kappa shape index (κ3) is 3.94. The molecule has 2 N–H and O–H groups in total. The summed E-state index contributed by atoms with van der Waals surface area (Å²) in [5, 5.41) is 10.3. The topological polar surface area (TPSA) is 57.8 Å². The minimum absolute atomic E-state index is 0.131. The smallest absolute Gasteiger partial charge is 0.270 e. The number of nitrogens with one attached hydrogen (secondary N) is 2. The summed E-state index contributed by atoms with van der Waals surface area (Å²) in [5.41, 5.74) is 1.27. The van der Waals surface area contributed by atoms with Gasteiger partial charge in [-0.2, -0.15) is 5.10 Å². The quantitative estimate of drug-likeness (QED) is 0.630. The Bertz CT molecular complexity index is 849. The van der Waals surface area contributed by atoms with Gasteiger partial charge in [-0.3, -0.25) is 9.89 Å². The van der Waals surface area contributed by atoms with Crippen LogP contribution in [0.1, 0.15) is 29.9 Å². The van der Waals surface area contributed by atoms with Gasteiger partial charge in [0, 0.05) is 17.0 Å². The van der Waals surface area contributed by atoms with Crippen molar-refractivity contribution < 1.29 is 9.18 Å². The molecule has 126 valence electrons. The van der Waals surface area contributed by atoms with Crippen LogP contribution in [0.4, 0.5) is 4.39 Å². The van der Waals surface area contributed by atoms with Crippen molar-refractivity contribution in [1.82, 2.24) is 15.5 Å². The fourth-order valence-electron chi connectivity index (χ4n) is 2.07. The van der Waals surface area contributed by atoms with Crippen molar-refractivity contribution in [3.8, 4) is 0 Å². The first kappa shape index (κ1) is 18.4. The molecule has 0 saturated heterocycles. The summed E-state index contributed by atoms with van der Waals surface area (Å²) >= 11 is 8.90. The zero-order chi connectivity index (χ0) is 17.7. The number of hydrogen-bond acceptors (Lipinski definition) is 2. The molecule has 0 aliphatic carbocycles. The van der Waals surface area contributed by atoms with E-state index in [1.807, 2.05) is 26.0 Å². The molecule has 7 heteroatoms. The maximum absolute atomic E-state index is 13.9. The van der Waals surface area contributed by atoms with Crippen LogP contribution in [-0.4, -0.2) is 16.1 Å². The van der Waals surface area contributed by atoms with E-state index in [0.717, 1.165) is 5.56 Å². The molecule has 0 unspecified atom stereocenters. The first-order valence-corrected chi connectivity index (χ1v) is 8.58. The number of nitrogens with zero attached hydrogens (tertiary/aromatic N) is 1. The Balaban J connectivity index is 0.00000100. The number of H-pyrrole nitrogens is 1. The molecule has 0 radical (unpaired) electrons. The van der Waals surface area contributed by atoms with E-state index in [1.54, 1.807) is 24.3 Å². The van der Waals surface area contributed by atoms with Crippen LogP contribution in [0.15, 0.2) is 40.9 Å². The maximum Gasteiger partial charge on any atom is 0.270 e. The van der Waals surface area contributed by atoms with Crippen LogP contribution in [-0.2, 0) is 6.54 Å². The fourth-order valence-corrected chi connectivity index (χ4v) is 2.52. The van der Waals surface area contributed by atoms with Gasteiger partial charge in [0.2, 0.25) is 0 Å². The molecule has 1 amide bonds. The highest BCUT2D eigenvalue weighted by molar-refractivity contribution is 9.10. The van der Waals surface area contributed by atoms with Crippen LogP contribution in [0, 0.1) is 5.82 Å². The van der Waals surface area contributed by atoms with Crippen LogP contribution in [0.25, 0.3) is 10.9 Å². The average molecular weight is 413 g/mol. The zero-order valence-electron chi connectivity index (χ0n) is 13.2. The van der Waals surface area contributed by atoms with Crippen LogP contribution in [0.2, 0.25) is 5.02 Å². The second-order valence-corrected chi connectivity index (χ2v) is 5.96. The van der Waals surface area contributed by atoms with Gasteiger partial charge in [0.1, 0.15) is 11.2 Å². The van der Waals surface area contributed by atoms with Crippen molar-refractivity contribution in [1.29, 1.82) is 0 Å². The average Bonchev–Trinajstić information content (AvgIpc) is 3.04. The highest BCUT2D eigenvalue weighted by Gasteiger charge is 2.17. The van der Waals surface area contributed by atoms with E-state index in [4.69, 9.17) is 11.6 Å². The molecule has 0 atom stereocenters. The lowest BCUT2D eigenvalue weighted by molar-refractivity contribution is 0.0947. The number of aromatic nitrogens is 2. The summed E-state index contributed by atoms with van der Waals surface area (Å²) in [4.78, 5) is 12.2. The lowest BCUT2D eigenvalue weighted by Crippen LogP contribution is -2.23. The summed E-state index contributed by atoms with van der Waals surface area (Å²) in [6, 6.07) is 10.3. The SMILES string of the molecule is CC.O=C(NCc1ccc(Cl)cc1)c1[nH]nc2c(F)c(Br)ccc12. The molecule has 1 heterocycles. The van der Waals surface area contributed by atoms with Gasteiger partial charge in [0.25, 0.3) is 5.91 Å². The zero-order valence-corrected chi connectivity index (χ0v) is 15.5. The molecule has 0 spiro atoms. The van der Waals surface area contributed by atoms with Crippen molar-refractivity contribution in [3.63, 3.8) is 0 Å². The van der Waals surface area contributed by atoms with E-state index in [9.17, 15) is 9.18 Å². The number of amides is 1. The Morgan fingerprint density at radius 2 is 1.92 bits per heavy atom. The van der Waals surface area contributed by atoms with Crippen molar-refractivity contribution in [2.24, 2.45) is 0 Å². The molecule has 3 aromatic rings. The van der Waals surface area contributed by atoms with Crippen molar-refractivity contribution in [2.75, 3.05) is 0 Å². The second kappa shape index (κ2) is 8.26. The Kier molecular flexibility index (Phi) is 6.34. The molecular weight excluding hydrogens is 397 g/mol. The van der Waals surface area contributed by atoms with Crippen LogP contribution in [0.3, 0.4) is 0 Å². The highest BCUT2D eigenvalue weighted by Crippen LogP contribution is 2.25. The second-order valence-electron chi connectivity index (χ2n) is 4.67. The molecule has 0 fully saturated rings. The number of aromatic amines is 1. The molecule has 24 heavy (non-hydrogen) atoms. The normalized spacial score (nSPS) is 10.2. The first-order valence-electron chi connectivity index (χ1n) is 7.41. The third-order valence-electron chi connectivity index (χ3n) is 3.21. The number of carbonyl (C=O) groups excluding carboxylic acids is 1. The first-order chi connectivity index (χ1) is 11.6. The predicted molar refractivity (Wildman–Crippen MR) is 97.7 cm³/mol. The van der Waals surface area contributed by atoms with E-state index >= 15 is 0 Å². The van der Waals surface area contributed by atoms with Gasteiger partial charge in [0.15, 0.2) is 5.82 Å². The molecule has 1 aromatic heterocycles. The molecule has 0 bridgehead atoms. The van der Waals surface area contributed by atoms with Crippen LogP contribution < -0.4 is 5.32 Å². The van der Waals surface area contributed by atoms with E-state index in [2.05, 4.69) is 31.4 Å². The van der Waals surface area contributed by atoms with E-state index in [0.29, 0.717) is 21.4 Å². The molecule has 0 saturated carbocycles. The number of fused-ring (bicyclic) bond motifs is 1. The molecule has 2 aromatic carbocycles. The fraction of sp³-hybridized carbons (Fsp3) is 0.176. The van der Waals surface area contributed by atoms with Gasteiger partial charge in [0.05, 0.1) is 4.47 Å². The lowest BCUT2D eigenvalue weighted by Gasteiger charge is -2.04. The van der Waals surface area contributed by atoms with E-state index in [-0.39, 0.29) is 17.1 Å². The van der Waals surface area contributed by atoms with Crippen LogP contribution in [0.5, 0.6) is 0 Å². The monoisotopic (exact) mass is 411 g/mol. The number of halogens is 3. The summed E-state index contributed by atoms with van der Waals surface area (Å²) in [6.45, 7) is 4.34. The molecule has 0 aliphatic rings. The third-order valence-corrected chi connectivity index (χ3v) is 4.08. The molecule has 3 rings (SSSR count). The predicted octanol–water partition coefficient (Wildman–Crippen LogP) is 5.07. The van der Waals surface area contributed by atoms with Gasteiger partial charge < -0.3 is 5.32 Å².